The normalized spacial score (nSPS) is 21.1. The number of carbonyl (C=O) groups is 2. The van der Waals surface area contributed by atoms with Crippen LogP contribution in [0.1, 0.15) is 55.1 Å². The number of anilines is 1. The summed E-state index contributed by atoms with van der Waals surface area (Å²) in [5, 5.41) is 2.99. The van der Waals surface area contributed by atoms with Crippen molar-refractivity contribution in [2.24, 2.45) is 5.92 Å². The highest BCUT2D eigenvalue weighted by Crippen LogP contribution is 2.33. The number of nitrogens with one attached hydrogen (secondary N) is 2. The van der Waals surface area contributed by atoms with E-state index in [1.165, 1.54) is 24.8 Å². The Hall–Kier alpha value is -3.23. The number of H-pyrrole nitrogens is 1. The standard InChI is InChI=1S/C23H30N6O3/c1-15(2)26-21(31)18-14-29(22(32)16-6-7-20(30)25-12-16)13-17(18)19-8-9-24-23(27-19)28-10-4-3-5-11-28/h6-9,12,15,17-18H,3-5,10-11,13-14H2,1-2H3,(H,25,30)(H,26,31)/t17-,18-/m0/s1. The second-order valence-electron chi connectivity index (χ2n) is 8.86. The Balaban J connectivity index is 1.60. The van der Waals surface area contributed by atoms with Gasteiger partial charge in [0.15, 0.2) is 0 Å². The van der Waals surface area contributed by atoms with E-state index in [0.29, 0.717) is 24.6 Å². The number of aromatic amines is 1. The number of pyridine rings is 1. The maximum Gasteiger partial charge on any atom is 0.255 e. The van der Waals surface area contributed by atoms with Crippen LogP contribution in [-0.4, -0.2) is 63.9 Å². The van der Waals surface area contributed by atoms with Crippen molar-refractivity contribution < 1.29 is 9.59 Å². The van der Waals surface area contributed by atoms with Gasteiger partial charge in [0.1, 0.15) is 0 Å². The molecule has 4 heterocycles. The van der Waals surface area contributed by atoms with Crippen molar-refractivity contribution in [2.45, 2.75) is 45.1 Å². The molecule has 2 saturated heterocycles. The Bertz CT molecular complexity index is 1010. The van der Waals surface area contributed by atoms with Gasteiger partial charge in [0.05, 0.1) is 17.2 Å². The topological polar surface area (TPSA) is 111 Å². The number of amides is 2. The molecule has 2 aliphatic rings. The number of piperidine rings is 1. The van der Waals surface area contributed by atoms with Gasteiger partial charge in [-0.2, -0.15) is 0 Å². The highest BCUT2D eigenvalue weighted by molar-refractivity contribution is 5.95. The van der Waals surface area contributed by atoms with Gasteiger partial charge in [-0.15, -0.1) is 0 Å². The van der Waals surface area contributed by atoms with Crippen molar-refractivity contribution in [2.75, 3.05) is 31.1 Å². The largest absolute Gasteiger partial charge is 0.354 e. The zero-order chi connectivity index (χ0) is 22.7. The molecule has 0 saturated carbocycles. The van der Waals surface area contributed by atoms with Gasteiger partial charge >= 0.3 is 0 Å². The summed E-state index contributed by atoms with van der Waals surface area (Å²) in [6.07, 6.45) is 6.63. The van der Waals surface area contributed by atoms with Gasteiger partial charge in [-0.3, -0.25) is 14.4 Å². The first kappa shape index (κ1) is 22.0. The van der Waals surface area contributed by atoms with E-state index >= 15 is 0 Å². The van der Waals surface area contributed by atoms with Crippen LogP contribution in [0.15, 0.2) is 35.4 Å². The third-order valence-electron chi connectivity index (χ3n) is 6.09. The zero-order valence-corrected chi connectivity index (χ0v) is 18.6. The van der Waals surface area contributed by atoms with Gasteiger partial charge in [-0.25, -0.2) is 9.97 Å². The number of carbonyl (C=O) groups excluding carboxylic acids is 2. The smallest absolute Gasteiger partial charge is 0.255 e. The summed E-state index contributed by atoms with van der Waals surface area (Å²) in [5.74, 6) is -0.243. The van der Waals surface area contributed by atoms with Gasteiger partial charge in [0.25, 0.3) is 5.91 Å². The second kappa shape index (κ2) is 9.50. The van der Waals surface area contributed by atoms with E-state index in [1.54, 1.807) is 11.1 Å². The summed E-state index contributed by atoms with van der Waals surface area (Å²) in [7, 11) is 0. The third-order valence-corrected chi connectivity index (χ3v) is 6.09. The number of rotatable bonds is 5. The van der Waals surface area contributed by atoms with Crippen LogP contribution in [-0.2, 0) is 4.79 Å². The van der Waals surface area contributed by atoms with E-state index in [4.69, 9.17) is 4.98 Å². The molecule has 2 fully saturated rings. The number of likely N-dealkylation sites (tertiary alicyclic amines) is 1. The fourth-order valence-corrected chi connectivity index (χ4v) is 4.47. The lowest BCUT2D eigenvalue weighted by molar-refractivity contribution is -0.125. The Morgan fingerprint density at radius 2 is 1.91 bits per heavy atom. The molecule has 4 rings (SSSR count). The van der Waals surface area contributed by atoms with Crippen LogP contribution in [0.25, 0.3) is 0 Å². The van der Waals surface area contributed by atoms with Crippen LogP contribution < -0.4 is 15.8 Å². The number of aromatic nitrogens is 3. The van der Waals surface area contributed by atoms with Gasteiger partial charge in [-0.05, 0) is 45.2 Å². The fraction of sp³-hybridized carbons (Fsp3) is 0.522. The summed E-state index contributed by atoms with van der Waals surface area (Å²) in [6.45, 7) is 6.38. The lowest BCUT2D eigenvalue weighted by Gasteiger charge is -2.27. The van der Waals surface area contributed by atoms with E-state index in [9.17, 15) is 14.4 Å². The molecule has 2 aromatic rings. The van der Waals surface area contributed by atoms with Crippen LogP contribution in [0, 0.1) is 5.92 Å². The molecule has 170 valence electrons. The predicted molar refractivity (Wildman–Crippen MR) is 121 cm³/mol. The van der Waals surface area contributed by atoms with Gasteiger partial charge in [0.2, 0.25) is 17.4 Å². The van der Waals surface area contributed by atoms with Crippen molar-refractivity contribution in [1.82, 2.24) is 25.2 Å². The van der Waals surface area contributed by atoms with Crippen molar-refractivity contribution in [3.8, 4) is 0 Å². The zero-order valence-electron chi connectivity index (χ0n) is 18.6. The molecular weight excluding hydrogens is 408 g/mol. The number of hydrogen-bond acceptors (Lipinski definition) is 6. The number of nitrogens with zero attached hydrogens (tertiary/aromatic N) is 4. The van der Waals surface area contributed by atoms with Gasteiger partial charge < -0.3 is 20.1 Å². The van der Waals surface area contributed by atoms with Gasteiger partial charge in [-0.1, -0.05) is 0 Å². The molecule has 0 spiro atoms. The monoisotopic (exact) mass is 438 g/mol. The minimum Gasteiger partial charge on any atom is -0.354 e. The first-order valence-electron chi connectivity index (χ1n) is 11.3. The van der Waals surface area contributed by atoms with Crippen LogP contribution >= 0.6 is 0 Å². The molecular formula is C23H30N6O3. The highest BCUT2D eigenvalue weighted by atomic mass is 16.2. The molecule has 0 unspecified atom stereocenters. The average molecular weight is 439 g/mol. The quantitative estimate of drug-likeness (QED) is 0.733. The average Bonchev–Trinajstić information content (AvgIpc) is 3.25. The van der Waals surface area contributed by atoms with Crippen LogP contribution in [0.4, 0.5) is 5.95 Å². The van der Waals surface area contributed by atoms with Crippen LogP contribution in [0.5, 0.6) is 0 Å². The summed E-state index contributed by atoms with van der Waals surface area (Å²) >= 11 is 0. The van der Waals surface area contributed by atoms with Crippen LogP contribution in [0.3, 0.4) is 0 Å². The van der Waals surface area contributed by atoms with E-state index in [2.05, 4.69) is 20.2 Å². The molecule has 2 aliphatic heterocycles. The third kappa shape index (κ3) is 4.81. The Labute approximate surface area is 187 Å². The molecule has 2 N–H and O–H groups in total. The van der Waals surface area contributed by atoms with E-state index in [1.807, 2.05) is 19.9 Å². The molecule has 2 atom stereocenters. The van der Waals surface area contributed by atoms with E-state index in [-0.39, 0.29) is 29.3 Å². The van der Waals surface area contributed by atoms with Crippen LogP contribution in [0.2, 0.25) is 0 Å². The maximum atomic E-state index is 13.1. The van der Waals surface area contributed by atoms with Gasteiger partial charge in [0, 0.05) is 56.6 Å². The van der Waals surface area contributed by atoms with Crippen molar-refractivity contribution in [3.63, 3.8) is 0 Å². The Kier molecular flexibility index (Phi) is 6.53. The molecule has 9 heteroatoms. The Morgan fingerprint density at radius 3 is 2.59 bits per heavy atom. The lowest BCUT2D eigenvalue weighted by Crippen LogP contribution is -2.39. The minimum absolute atomic E-state index is 0.00131. The van der Waals surface area contributed by atoms with E-state index < -0.39 is 5.92 Å². The summed E-state index contributed by atoms with van der Waals surface area (Å²) < 4.78 is 0. The van der Waals surface area contributed by atoms with Crippen molar-refractivity contribution in [3.05, 3.63) is 52.2 Å². The summed E-state index contributed by atoms with van der Waals surface area (Å²) in [6, 6.07) is 4.69. The predicted octanol–water partition coefficient (Wildman–Crippen LogP) is 1.54. The molecule has 0 aliphatic carbocycles. The molecule has 0 aromatic carbocycles. The first-order chi connectivity index (χ1) is 15.4. The molecule has 32 heavy (non-hydrogen) atoms. The molecule has 2 aromatic heterocycles. The molecule has 9 nitrogen and oxygen atoms in total. The molecule has 0 bridgehead atoms. The highest BCUT2D eigenvalue weighted by Gasteiger charge is 2.41. The molecule has 0 radical (unpaired) electrons. The minimum atomic E-state index is -0.409. The van der Waals surface area contributed by atoms with Crippen molar-refractivity contribution >= 4 is 17.8 Å². The second-order valence-corrected chi connectivity index (χ2v) is 8.86. The van der Waals surface area contributed by atoms with Crippen molar-refractivity contribution in [1.29, 1.82) is 0 Å². The Morgan fingerprint density at radius 1 is 1.12 bits per heavy atom. The summed E-state index contributed by atoms with van der Waals surface area (Å²) in [4.78, 5) is 53.1. The first-order valence-corrected chi connectivity index (χ1v) is 11.3. The number of hydrogen-bond donors (Lipinski definition) is 2. The maximum absolute atomic E-state index is 13.1. The SMILES string of the molecule is CC(C)NC(=O)[C@H]1CN(C(=O)c2ccc(=O)[nH]c2)C[C@@H]1c1ccnc(N2CCCCC2)n1. The lowest BCUT2D eigenvalue weighted by atomic mass is 9.91. The fourth-order valence-electron chi connectivity index (χ4n) is 4.47. The van der Waals surface area contributed by atoms with E-state index in [0.717, 1.165) is 31.6 Å². The molecule has 2 amide bonds. The summed E-state index contributed by atoms with van der Waals surface area (Å²) in [5.41, 5.74) is 0.910.